The fraction of sp³-hybridized carbons (Fsp3) is 0.182. The number of methoxy groups -OCH3 is 1. The lowest BCUT2D eigenvalue weighted by atomic mass is 10.1. The number of nitrogens with one attached hydrogen (secondary N) is 1. The summed E-state index contributed by atoms with van der Waals surface area (Å²) in [6.07, 6.45) is -0.262. The monoisotopic (exact) mass is 234 g/mol. The Hall–Kier alpha value is -2.37. The molecule has 0 saturated heterocycles. The lowest BCUT2D eigenvalue weighted by Crippen LogP contribution is -2.15. The second-order valence-electron chi connectivity index (χ2n) is 3.47. The average Bonchev–Trinajstić information content (AvgIpc) is 2.27. The van der Waals surface area contributed by atoms with E-state index in [2.05, 4.69) is 9.97 Å². The number of carboxylic acids is 1. The summed E-state index contributed by atoms with van der Waals surface area (Å²) in [6.45, 7) is 0. The Morgan fingerprint density at radius 3 is 2.94 bits per heavy atom. The molecule has 0 bridgehead atoms. The maximum Gasteiger partial charge on any atom is 0.345 e. The van der Waals surface area contributed by atoms with Crippen molar-refractivity contribution in [2.45, 2.75) is 6.42 Å². The van der Waals surface area contributed by atoms with Gasteiger partial charge in [0.15, 0.2) is 0 Å². The number of aromatic nitrogens is 2. The smallest absolute Gasteiger partial charge is 0.345 e. The van der Waals surface area contributed by atoms with Gasteiger partial charge in [0.05, 0.1) is 19.0 Å². The van der Waals surface area contributed by atoms with Gasteiger partial charge in [-0.15, -0.1) is 0 Å². The van der Waals surface area contributed by atoms with E-state index in [0.29, 0.717) is 22.3 Å². The Morgan fingerprint density at radius 1 is 1.53 bits per heavy atom. The summed E-state index contributed by atoms with van der Waals surface area (Å²) >= 11 is 0. The number of H-pyrrole nitrogens is 1. The minimum Gasteiger partial charge on any atom is -0.497 e. The molecule has 2 aromatic rings. The first kappa shape index (κ1) is 11.1. The van der Waals surface area contributed by atoms with E-state index in [1.807, 2.05) is 0 Å². The highest BCUT2D eigenvalue weighted by Gasteiger charge is 2.09. The molecule has 6 nitrogen and oxygen atoms in total. The third-order valence-electron chi connectivity index (χ3n) is 2.34. The molecule has 6 heteroatoms. The van der Waals surface area contributed by atoms with Crippen LogP contribution in [-0.2, 0) is 11.2 Å². The number of benzene rings is 1. The largest absolute Gasteiger partial charge is 0.497 e. The molecule has 88 valence electrons. The van der Waals surface area contributed by atoms with Gasteiger partial charge in [0, 0.05) is 11.1 Å². The van der Waals surface area contributed by atoms with Crippen molar-refractivity contribution in [3.63, 3.8) is 0 Å². The van der Waals surface area contributed by atoms with Crippen LogP contribution in [0.4, 0.5) is 0 Å². The minimum absolute atomic E-state index is 0.262. The third-order valence-corrected chi connectivity index (χ3v) is 2.34. The molecule has 0 fully saturated rings. The van der Waals surface area contributed by atoms with E-state index in [9.17, 15) is 9.59 Å². The van der Waals surface area contributed by atoms with E-state index < -0.39 is 11.7 Å². The van der Waals surface area contributed by atoms with Gasteiger partial charge in [0.2, 0.25) is 0 Å². The molecule has 2 rings (SSSR count). The number of fused-ring (bicyclic) bond motifs is 1. The van der Waals surface area contributed by atoms with Crippen molar-refractivity contribution in [3.8, 4) is 5.75 Å². The Bertz CT molecular complexity index is 633. The van der Waals surface area contributed by atoms with Crippen LogP contribution in [0, 0.1) is 0 Å². The Labute approximate surface area is 95.9 Å². The van der Waals surface area contributed by atoms with E-state index in [-0.39, 0.29) is 6.42 Å². The normalized spacial score (nSPS) is 10.4. The van der Waals surface area contributed by atoms with Crippen LogP contribution in [0.1, 0.15) is 5.69 Å². The van der Waals surface area contributed by atoms with E-state index in [4.69, 9.17) is 9.84 Å². The first-order chi connectivity index (χ1) is 8.10. The molecule has 0 amide bonds. The van der Waals surface area contributed by atoms with Crippen LogP contribution < -0.4 is 10.4 Å². The Balaban J connectivity index is 2.70. The fourth-order valence-corrected chi connectivity index (χ4v) is 1.61. The number of carbonyl (C=O) groups is 1. The quantitative estimate of drug-likeness (QED) is 0.809. The zero-order valence-electron chi connectivity index (χ0n) is 9.06. The molecule has 0 aliphatic carbocycles. The number of ether oxygens (including phenoxy) is 1. The SMILES string of the molecule is COc1ccc2nc(=O)[nH]c(CC(=O)O)c2c1. The summed E-state index contributed by atoms with van der Waals surface area (Å²) in [6, 6.07) is 4.94. The molecule has 0 unspecified atom stereocenters. The minimum atomic E-state index is -1.02. The summed E-state index contributed by atoms with van der Waals surface area (Å²) in [4.78, 5) is 28.1. The molecule has 2 N–H and O–H groups in total. The average molecular weight is 234 g/mol. The molecule has 0 radical (unpaired) electrons. The van der Waals surface area contributed by atoms with Crippen molar-refractivity contribution in [3.05, 3.63) is 34.4 Å². The lowest BCUT2D eigenvalue weighted by molar-refractivity contribution is -0.136. The van der Waals surface area contributed by atoms with Crippen LogP contribution >= 0.6 is 0 Å². The van der Waals surface area contributed by atoms with E-state index in [1.54, 1.807) is 18.2 Å². The van der Waals surface area contributed by atoms with Gasteiger partial charge < -0.3 is 14.8 Å². The molecule has 0 saturated carbocycles. The van der Waals surface area contributed by atoms with Crippen LogP contribution in [0.3, 0.4) is 0 Å². The summed E-state index contributed by atoms with van der Waals surface area (Å²) in [5.74, 6) is -0.436. The first-order valence-electron chi connectivity index (χ1n) is 4.89. The molecular formula is C11H10N2O4. The maximum atomic E-state index is 11.2. The highest BCUT2D eigenvalue weighted by Crippen LogP contribution is 2.20. The van der Waals surface area contributed by atoms with Crippen LogP contribution in [0.15, 0.2) is 23.0 Å². The molecule has 1 aromatic carbocycles. The van der Waals surface area contributed by atoms with Crippen molar-refractivity contribution in [2.75, 3.05) is 7.11 Å². The number of rotatable bonds is 3. The van der Waals surface area contributed by atoms with Gasteiger partial charge in [0.1, 0.15) is 5.75 Å². The molecular weight excluding hydrogens is 224 g/mol. The van der Waals surface area contributed by atoms with Gasteiger partial charge in [-0.1, -0.05) is 0 Å². The van der Waals surface area contributed by atoms with E-state index in [1.165, 1.54) is 7.11 Å². The van der Waals surface area contributed by atoms with Gasteiger partial charge in [0.25, 0.3) is 0 Å². The second-order valence-corrected chi connectivity index (χ2v) is 3.47. The van der Waals surface area contributed by atoms with Crippen molar-refractivity contribution in [1.29, 1.82) is 0 Å². The van der Waals surface area contributed by atoms with Gasteiger partial charge in [-0.05, 0) is 18.2 Å². The van der Waals surface area contributed by atoms with E-state index >= 15 is 0 Å². The molecule has 0 atom stereocenters. The zero-order chi connectivity index (χ0) is 12.4. The summed E-state index contributed by atoms with van der Waals surface area (Å²) in [5.41, 5.74) is 0.219. The lowest BCUT2D eigenvalue weighted by Gasteiger charge is -2.05. The number of nitrogens with zero attached hydrogens (tertiary/aromatic N) is 1. The third kappa shape index (κ3) is 2.25. The number of aromatic amines is 1. The summed E-state index contributed by atoms with van der Waals surface area (Å²) < 4.78 is 5.05. The highest BCUT2D eigenvalue weighted by molar-refractivity contribution is 5.85. The number of aliphatic carboxylic acids is 1. The number of hydrogen-bond donors (Lipinski definition) is 2. The van der Waals surface area contributed by atoms with Gasteiger partial charge in [-0.25, -0.2) is 4.79 Å². The molecule has 1 heterocycles. The van der Waals surface area contributed by atoms with Gasteiger partial charge in [-0.3, -0.25) is 4.79 Å². The predicted molar refractivity (Wildman–Crippen MR) is 60.3 cm³/mol. The molecule has 1 aromatic heterocycles. The van der Waals surface area contributed by atoms with Crippen molar-refractivity contribution in [1.82, 2.24) is 9.97 Å². The summed E-state index contributed by atoms with van der Waals surface area (Å²) in [5, 5.41) is 9.35. The van der Waals surface area contributed by atoms with Gasteiger partial charge in [-0.2, -0.15) is 4.98 Å². The predicted octanol–water partition coefficient (Wildman–Crippen LogP) is 0.559. The first-order valence-corrected chi connectivity index (χ1v) is 4.89. The number of hydrogen-bond acceptors (Lipinski definition) is 4. The van der Waals surface area contributed by atoms with Crippen LogP contribution in [0.5, 0.6) is 5.75 Å². The van der Waals surface area contributed by atoms with Crippen LogP contribution in [-0.4, -0.2) is 28.2 Å². The standard InChI is InChI=1S/C11H10N2O4/c1-17-6-2-3-8-7(4-6)9(5-10(14)15)13-11(16)12-8/h2-4H,5H2,1H3,(H,14,15)(H,12,13,16). The molecule has 0 spiro atoms. The topological polar surface area (TPSA) is 92.3 Å². The highest BCUT2D eigenvalue weighted by atomic mass is 16.5. The zero-order valence-corrected chi connectivity index (χ0v) is 9.06. The van der Waals surface area contributed by atoms with Crippen LogP contribution in [0.25, 0.3) is 10.9 Å². The van der Waals surface area contributed by atoms with Crippen molar-refractivity contribution >= 4 is 16.9 Å². The van der Waals surface area contributed by atoms with E-state index in [0.717, 1.165) is 0 Å². The maximum absolute atomic E-state index is 11.2. The molecule has 0 aliphatic rings. The molecule has 17 heavy (non-hydrogen) atoms. The van der Waals surface area contributed by atoms with Gasteiger partial charge >= 0.3 is 11.7 Å². The molecule has 0 aliphatic heterocycles. The van der Waals surface area contributed by atoms with Crippen molar-refractivity contribution in [2.24, 2.45) is 0 Å². The van der Waals surface area contributed by atoms with Crippen LogP contribution in [0.2, 0.25) is 0 Å². The number of carboxylic acid groups (broad SMARTS) is 1. The second kappa shape index (κ2) is 4.25. The van der Waals surface area contributed by atoms with Crippen molar-refractivity contribution < 1.29 is 14.6 Å². The Kier molecular flexibility index (Phi) is 2.78. The Morgan fingerprint density at radius 2 is 2.29 bits per heavy atom. The summed E-state index contributed by atoms with van der Waals surface area (Å²) in [7, 11) is 1.51. The fourth-order valence-electron chi connectivity index (χ4n) is 1.61.